The molecule has 1 aromatic heterocycles. The third-order valence-electron chi connectivity index (χ3n) is 3.62. The number of hydrogen-bond acceptors (Lipinski definition) is 3. The number of aromatic amines is 1. The van der Waals surface area contributed by atoms with Gasteiger partial charge in [0.1, 0.15) is 6.61 Å². The lowest BCUT2D eigenvalue weighted by molar-refractivity contribution is 0.227. The maximum atomic E-state index is 9.24. The number of hydrogen-bond donors (Lipinski definition) is 2. The zero-order chi connectivity index (χ0) is 11.5. The summed E-state index contributed by atoms with van der Waals surface area (Å²) in [5.74, 6) is 1.47. The predicted molar refractivity (Wildman–Crippen MR) is 64.6 cm³/mol. The Morgan fingerprint density at radius 3 is 3.06 bits per heavy atom. The van der Waals surface area contributed by atoms with Gasteiger partial charge >= 0.3 is 0 Å². The van der Waals surface area contributed by atoms with Gasteiger partial charge in [-0.05, 0) is 31.0 Å². The lowest BCUT2D eigenvalue weighted by Gasteiger charge is -2.29. The number of H-pyrrole nitrogens is 1. The Hall–Kier alpha value is -0.680. The molecule has 1 aliphatic carbocycles. The van der Waals surface area contributed by atoms with Crippen molar-refractivity contribution < 1.29 is 5.11 Å². The average molecular weight is 241 g/mol. The van der Waals surface area contributed by atoms with E-state index < -0.39 is 0 Å². The van der Waals surface area contributed by atoms with E-state index in [1.165, 1.54) is 19.3 Å². The molecule has 2 atom stereocenters. The zero-order valence-electron chi connectivity index (χ0n) is 9.65. The second-order valence-corrected chi connectivity index (χ2v) is 4.95. The van der Waals surface area contributed by atoms with Gasteiger partial charge in [0.15, 0.2) is 10.6 Å². The summed E-state index contributed by atoms with van der Waals surface area (Å²) in [4.78, 5) is 0. The van der Waals surface area contributed by atoms with Crippen molar-refractivity contribution in [2.75, 3.05) is 0 Å². The molecule has 1 fully saturated rings. The van der Waals surface area contributed by atoms with Crippen molar-refractivity contribution in [1.82, 2.24) is 14.8 Å². The third kappa shape index (κ3) is 2.20. The van der Waals surface area contributed by atoms with Crippen LogP contribution < -0.4 is 0 Å². The molecule has 1 aliphatic rings. The normalized spacial score (nSPS) is 25.9. The van der Waals surface area contributed by atoms with E-state index in [2.05, 4.69) is 17.1 Å². The van der Waals surface area contributed by atoms with Gasteiger partial charge in [-0.15, -0.1) is 0 Å². The molecule has 4 nitrogen and oxygen atoms in total. The molecule has 2 unspecified atom stereocenters. The molecule has 0 bridgehead atoms. The van der Waals surface area contributed by atoms with E-state index in [9.17, 15) is 5.11 Å². The molecule has 0 amide bonds. The fourth-order valence-electron chi connectivity index (χ4n) is 2.69. The Balaban J connectivity index is 2.22. The highest BCUT2D eigenvalue weighted by Crippen LogP contribution is 2.34. The first-order valence-corrected chi connectivity index (χ1v) is 6.43. The second kappa shape index (κ2) is 5.10. The number of aromatic nitrogens is 3. The summed E-state index contributed by atoms with van der Waals surface area (Å²) in [6, 6.07) is 0.423. The van der Waals surface area contributed by atoms with Gasteiger partial charge in [-0.1, -0.05) is 26.2 Å². The van der Waals surface area contributed by atoms with Gasteiger partial charge in [-0.2, -0.15) is 5.10 Å². The molecule has 0 saturated heterocycles. The van der Waals surface area contributed by atoms with Gasteiger partial charge in [-0.25, -0.2) is 0 Å². The maximum absolute atomic E-state index is 9.24. The number of aliphatic hydroxyl groups excluding tert-OH is 1. The van der Waals surface area contributed by atoms with Crippen LogP contribution in [0.25, 0.3) is 0 Å². The van der Waals surface area contributed by atoms with Gasteiger partial charge in [0, 0.05) is 6.04 Å². The van der Waals surface area contributed by atoms with Crippen LogP contribution in [0.2, 0.25) is 0 Å². The molecule has 1 heterocycles. The topological polar surface area (TPSA) is 53.8 Å². The summed E-state index contributed by atoms with van der Waals surface area (Å²) < 4.78 is 2.66. The summed E-state index contributed by atoms with van der Waals surface area (Å²) in [6.45, 7) is 2.20. The average Bonchev–Trinajstić information content (AvgIpc) is 2.70. The maximum Gasteiger partial charge on any atom is 0.195 e. The van der Waals surface area contributed by atoms with E-state index in [1.807, 2.05) is 4.57 Å². The van der Waals surface area contributed by atoms with Crippen molar-refractivity contribution in [3.8, 4) is 0 Å². The Labute approximate surface area is 101 Å². The van der Waals surface area contributed by atoms with Crippen LogP contribution in [0.15, 0.2) is 0 Å². The summed E-state index contributed by atoms with van der Waals surface area (Å²) in [5, 5.41) is 16.1. The lowest BCUT2D eigenvalue weighted by atomic mass is 9.84. The highest BCUT2D eigenvalue weighted by atomic mass is 32.1. The van der Waals surface area contributed by atoms with E-state index in [1.54, 1.807) is 0 Å². The smallest absolute Gasteiger partial charge is 0.195 e. The summed E-state index contributed by atoms with van der Waals surface area (Å²) >= 11 is 5.23. The Morgan fingerprint density at radius 1 is 1.56 bits per heavy atom. The Kier molecular flexibility index (Phi) is 3.76. The van der Waals surface area contributed by atoms with Gasteiger partial charge in [0.05, 0.1) is 0 Å². The van der Waals surface area contributed by atoms with E-state index in [4.69, 9.17) is 12.2 Å². The van der Waals surface area contributed by atoms with Crippen molar-refractivity contribution in [3.05, 3.63) is 10.6 Å². The summed E-state index contributed by atoms with van der Waals surface area (Å²) in [7, 11) is 0. The van der Waals surface area contributed by atoms with Crippen LogP contribution >= 0.6 is 12.2 Å². The molecule has 5 heteroatoms. The number of nitrogens with one attached hydrogen (secondary N) is 1. The molecule has 2 N–H and O–H groups in total. The van der Waals surface area contributed by atoms with Gasteiger partial charge in [0.25, 0.3) is 0 Å². The van der Waals surface area contributed by atoms with E-state index in [0.29, 0.717) is 16.6 Å². The van der Waals surface area contributed by atoms with Crippen LogP contribution in [0.5, 0.6) is 0 Å². The number of nitrogens with zero attached hydrogens (tertiary/aromatic N) is 2. The summed E-state index contributed by atoms with van der Waals surface area (Å²) in [6.07, 6.45) is 6.12. The van der Waals surface area contributed by atoms with Crippen molar-refractivity contribution in [2.24, 2.45) is 5.92 Å². The molecule has 16 heavy (non-hydrogen) atoms. The molecule has 0 aromatic carbocycles. The van der Waals surface area contributed by atoms with Gasteiger partial charge in [0.2, 0.25) is 0 Å². The number of aliphatic hydroxyl groups is 1. The van der Waals surface area contributed by atoms with Gasteiger partial charge in [-0.3, -0.25) is 9.67 Å². The standard InChI is InChI=1S/C11H19N3OS/c1-2-8-4-3-5-9(6-8)14-10(7-15)12-13-11(14)16/h8-9,15H,2-7H2,1H3,(H,13,16). The SMILES string of the molecule is CCC1CCCC(n2c(CO)n[nH]c2=S)C1. The highest BCUT2D eigenvalue weighted by molar-refractivity contribution is 7.71. The molecule has 1 saturated carbocycles. The first-order chi connectivity index (χ1) is 7.76. The van der Waals surface area contributed by atoms with Crippen LogP contribution in [0.3, 0.4) is 0 Å². The van der Waals surface area contributed by atoms with Crippen LogP contribution in [-0.2, 0) is 6.61 Å². The summed E-state index contributed by atoms with van der Waals surface area (Å²) in [5.41, 5.74) is 0. The fraction of sp³-hybridized carbons (Fsp3) is 0.818. The molecule has 0 spiro atoms. The molecule has 90 valence electrons. The van der Waals surface area contributed by atoms with E-state index in [0.717, 1.165) is 18.8 Å². The third-order valence-corrected chi connectivity index (χ3v) is 3.90. The van der Waals surface area contributed by atoms with Crippen molar-refractivity contribution in [3.63, 3.8) is 0 Å². The van der Waals surface area contributed by atoms with Crippen LogP contribution in [0.4, 0.5) is 0 Å². The van der Waals surface area contributed by atoms with Crippen LogP contribution in [0, 0.1) is 10.7 Å². The van der Waals surface area contributed by atoms with Crippen molar-refractivity contribution in [1.29, 1.82) is 0 Å². The fourth-order valence-corrected chi connectivity index (χ4v) is 2.99. The van der Waals surface area contributed by atoms with Crippen molar-refractivity contribution in [2.45, 2.75) is 51.7 Å². The Bertz CT molecular complexity index is 398. The molecular formula is C11H19N3OS. The molecular weight excluding hydrogens is 222 g/mol. The monoisotopic (exact) mass is 241 g/mol. The molecule has 2 rings (SSSR count). The second-order valence-electron chi connectivity index (χ2n) is 4.57. The van der Waals surface area contributed by atoms with Crippen molar-refractivity contribution >= 4 is 12.2 Å². The first-order valence-electron chi connectivity index (χ1n) is 6.02. The highest BCUT2D eigenvalue weighted by Gasteiger charge is 2.24. The molecule has 0 radical (unpaired) electrons. The predicted octanol–water partition coefficient (Wildman–Crippen LogP) is 2.57. The minimum absolute atomic E-state index is 0.0412. The lowest BCUT2D eigenvalue weighted by Crippen LogP contribution is -2.20. The number of rotatable bonds is 3. The zero-order valence-corrected chi connectivity index (χ0v) is 10.5. The van der Waals surface area contributed by atoms with E-state index in [-0.39, 0.29) is 6.61 Å². The molecule has 0 aliphatic heterocycles. The minimum atomic E-state index is -0.0412. The largest absolute Gasteiger partial charge is 0.388 e. The van der Waals surface area contributed by atoms with Gasteiger partial charge < -0.3 is 5.11 Å². The van der Waals surface area contributed by atoms with Crippen LogP contribution in [-0.4, -0.2) is 19.9 Å². The molecule has 1 aromatic rings. The van der Waals surface area contributed by atoms with Crippen LogP contribution in [0.1, 0.15) is 50.9 Å². The Morgan fingerprint density at radius 2 is 2.38 bits per heavy atom. The van der Waals surface area contributed by atoms with E-state index >= 15 is 0 Å². The minimum Gasteiger partial charge on any atom is -0.388 e. The quantitative estimate of drug-likeness (QED) is 0.800. The first kappa shape index (κ1) is 11.8.